The monoisotopic (exact) mass is 495 g/mol. The summed E-state index contributed by atoms with van der Waals surface area (Å²) in [6.07, 6.45) is 6.82. The molecular formula is C28H29N7O2. The van der Waals surface area contributed by atoms with Crippen LogP contribution in [0.4, 0.5) is 11.4 Å². The van der Waals surface area contributed by atoms with E-state index in [1.807, 2.05) is 86.5 Å². The summed E-state index contributed by atoms with van der Waals surface area (Å²) >= 11 is 0. The molecule has 5 aromatic rings. The summed E-state index contributed by atoms with van der Waals surface area (Å²) < 4.78 is 9.77. The number of aromatic nitrogens is 4. The first kappa shape index (κ1) is 23.1. The quantitative estimate of drug-likeness (QED) is 0.364. The van der Waals surface area contributed by atoms with E-state index in [1.165, 1.54) is 0 Å². The van der Waals surface area contributed by atoms with E-state index in [0.717, 1.165) is 36.3 Å². The molecule has 37 heavy (non-hydrogen) atoms. The third kappa shape index (κ3) is 4.38. The van der Waals surface area contributed by atoms with E-state index in [4.69, 9.17) is 4.74 Å². The van der Waals surface area contributed by atoms with Crippen molar-refractivity contribution < 1.29 is 9.53 Å². The van der Waals surface area contributed by atoms with Gasteiger partial charge in [0.05, 0.1) is 16.9 Å². The van der Waals surface area contributed by atoms with E-state index in [0.29, 0.717) is 40.0 Å². The van der Waals surface area contributed by atoms with Crippen LogP contribution in [0.25, 0.3) is 16.6 Å². The second-order valence-electron chi connectivity index (χ2n) is 9.49. The van der Waals surface area contributed by atoms with Crippen molar-refractivity contribution in [1.82, 2.24) is 24.5 Å². The third-order valence-corrected chi connectivity index (χ3v) is 6.82. The van der Waals surface area contributed by atoms with Gasteiger partial charge in [-0.1, -0.05) is 18.2 Å². The Morgan fingerprint density at radius 1 is 1.11 bits per heavy atom. The van der Waals surface area contributed by atoms with Gasteiger partial charge in [-0.25, -0.2) is 4.98 Å². The number of fused-ring (bicyclic) bond motifs is 2. The van der Waals surface area contributed by atoms with Crippen LogP contribution in [0.1, 0.15) is 22.5 Å². The number of hydrogen-bond acceptors (Lipinski definition) is 6. The fourth-order valence-electron chi connectivity index (χ4n) is 5.03. The SMILES string of the molecule is CNC1CCN(c2ccc(C(=O)Nc3cc(Oc4ccccc4)c4nc(C)cn4c3)c3nn(C)cc23)C1. The van der Waals surface area contributed by atoms with E-state index < -0.39 is 0 Å². The van der Waals surface area contributed by atoms with Crippen molar-refractivity contribution in [3.05, 3.63) is 78.4 Å². The average molecular weight is 496 g/mol. The maximum Gasteiger partial charge on any atom is 0.257 e. The second kappa shape index (κ2) is 9.25. The van der Waals surface area contributed by atoms with Gasteiger partial charge in [0.1, 0.15) is 11.3 Å². The van der Waals surface area contributed by atoms with Crippen LogP contribution in [0.15, 0.2) is 67.1 Å². The lowest BCUT2D eigenvalue weighted by Crippen LogP contribution is -2.29. The summed E-state index contributed by atoms with van der Waals surface area (Å²) in [7, 11) is 3.88. The predicted octanol–water partition coefficient (Wildman–Crippen LogP) is 4.37. The number of nitrogens with one attached hydrogen (secondary N) is 2. The molecule has 1 aliphatic heterocycles. The van der Waals surface area contributed by atoms with Gasteiger partial charge in [0.2, 0.25) is 0 Å². The molecule has 9 heteroatoms. The number of nitrogens with zero attached hydrogens (tertiary/aromatic N) is 5. The number of para-hydroxylation sites is 1. The molecule has 1 amide bonds. The fraction of sp³-hybridized carbons (Fsp3) is 0.250. The van der Waals surface area contributed by atoms with Gasteiger partial charge in [0.15, 0.2) is 11.4 Å². The number of rotatable bonds is 6. The molecule has 0 radical (unpaired) electrons. The first-order valence-corrected chi connectivity index (χ1v) is 12.4. The molecule has 188 valence electrons. The van der Waals surface area contributed by atoms with Crippen LogP contribution in [0.3, 0.4) is 0 Å². The Balaban J connectivity index is 1.34. The number of imidazole rings is 1. The van der Waals surface area contributed by atoms with Crippen molar-refractivity contribution in [2.24, 2.45) is 7.05 Å². The lowest BCUT2D eigenvalue weighted by Gasteiger charge is -2.20. The summed E-state index contributed by atoms with van der Waals surface area (Å²) in [6, 6.07) is 15.7. The zero-order valence-electron chi connectivity index (χ0n) is 21.1. The van der Waals surface area contributed by atoms with Crippen LogP contribution in [0, 0.1) is 6.92 Å². The zero-order valence-corrected chi connectivity index (χ0v) is 21.1. The smallest absolute Gasteiger partial charge is 0.257 e. The number of benzene rings is 2. The number of hydrogen-bond donors (Lipinski definition) is 2. The maximum absolute atomic E-state index is 13.5. The lowest BCUT2D eigenvalue weighted by atomic mass is 10.1. The van der Waals surface area contributed by atoms with Crippen molar-refractivity contribution in [3.8, 4) is 11.5 Å². The number of carbonyl (C=O) groups is 1. The standard InChI is InChI=1S/C28H29N7O2/c1-18-14-35-16-20(13-25(27(35)30-18)37-21-7-5-4-6-8-21)31-28(36)22-9-10-24(23-17-33(3)32-26(22)23)34-12-11-19(15-34)29-2/h4-10,13-14,16-17,19,29H,11-12,15H2,1-3H3,(H,31,36). The fourth-order valence-corrected chi connectivity index (χ4v) is 5.03. The van der Waals surface area contributed by atoms with Gasteiger partial charge in [0.25, 0.3) is 5.91 Å². The normalized spacial score (nSPS) is 15.5. The molecule has 1 fully saturated rings. The van der Waals surface area contributed by atoms with Crippen LogP contribution < -0.4 is 20.3 Å². The first-order chi connectivity index (χ1) is 18.0. The van der Waals surface area contributed by atoms with Crippen molar-refractivity contribution in [1.29, 1.82) is 0 Å². The molecule has 1 atom stereocenters. The lowest BCUT2D eigenvalue weighted by molar-refractivity contribution is 0.102. The maximum atomic E-state index is 13.5. The van der Waals surface area contributed by atoms with Crippen LogP contribution in [-0.2, 0) is 7.05 Å². The van der Waals surface area contributed by atoms with Crippen LogP contribution in [0.5, 0.6) is 11.5 Å². The number of aryl methyl sites for hydroxylation is 2. The highest BCUT2D eigenvalue weighted by Crippen LogP contribution is 2.33. The highest BCUT2D eigenvalue weighted by atomic mass is 16.5. The number of anilines is 2. The molecule has 2 N–H and O–H groups in total. The summed E-state index contributed by atoms with van der Waals surface area (Å²) in [4.78, 5) is 20.5. The highest BCUT2D eigenvalue weighted by molar-refractivity contribution is 6.14. The van der Waals surface area contributed by atoms with Crippen molar-refractivity contribution in [2.75, 3.05) is 30.4 Å². The summed E-state index contributed by atoms with van der Waals surface area (Å²) in [5.41, 5.74) is 4.45. The minimum absolute atomic E-state index is 0.230. The number of ether oxygens (including phenoxy) is 1. The number of amides is 1. The van der Waals surface area contributed by atoms with E-state index in [9.17, 15) is 4.79 Å². The Morgan fingerprint density at radius 2 is 1.95 bits per heavy atom. The largest absolute Gasteiger partial charge is 0.453 e. The van der Waals surface area contributed by atoms with E-state index in [2.05, 4.69) is 25.6 Å². The van der Waals surface area contributed by atoms with Gasteiger partial charge >= 0.3 is 0 Å². The molecule has 3 aromatic heterocycles. The summed E-state index contributed by atoms with van der Waals surface area (Å²) in [6.45, 7) is 3.83. The Bertz CT molecular complexity index is 1610. The number of likely N-dealkylation sites (N-methyl/N-ethyl adjacent to an activating group) is 1. The minimum Gasteiger partial charge on any atom is -0.453 e. The minimum atomic E-state index is -0.230. The first-order valence-electron chi connectivity index (χ1n) is 12.4. The zero-order chi connectivity index (χ0) is 25.5. The molecule has 0 bridgehead atoms. The third-order valence-electron chi connectivity index (χ3n) is 6.82. The summed E-state index contributed by atoms with van der Waals surface area (Å²) in [5.74, 6) is 1.02. The molecule has 0 spiro atoms. The van der Waals surface area contributed by atoms with Crippen LogP contribution >= 0.6 is 0 Å². The number of pyridine rings is 1. The van der Waals surface area contributed by atoms with Crippen LogP contribution in [-0.4, -0.2) is 51.3 Å². The molecule has 1 saturated heterocycles. The van der Waals surface area contributed by atoms with Crippen molar-refractivity contribution in [2.45, 2.75) is 19.4 Å². The molecule has 0 aliphatic carbocycles. The highest BCUT2D eigenvalue weighted by Gasteiger charge is 2.25. The average Bonchev–Trinajstić information content (AvgIpc) is 3.61. The Morgan fingerprint density at radius 3 is 2.73 bits per heavy atom. The van der Waals surface area contributed by atoms with Gasteiger partial charge in [-0.05, 0) is 44.7 Å². The number of carbonyl (C=O) groups excluding carboxylic acids is 1. The van der Waals surface area contributed by atoms with Crippen molar-refractivity contribution in [3.63, 3.8) is 0 Å². The van der Waals surface area contributed by atoms with Gasteiger partial charge in [-0.3, -0.25) is 9.48 Å². The van der Waals surface area contributed by atoms with Gasteiger partial charge in [-0.2, -0.15) is 5.10 Å². The van der Waals surface area contributed by atoms with Gasteiger partial charge in [-0.15, -0.1) is 0 Å². The van der Waals surface area contributed by atoms with E-state index >= 15 is 0 Å². The van der Waals surface area contributed by atoms with E-state index in [-0.39, 0.29) is 5.91 Å². The van der Waals surface area contributed by atoms with Crippen LogP contribution in [0.2, 0.25) is 0 Å². The van der Waals surface area contributed by atoms with Gasteiger partial charge in [0, 0.05) is 61.9 Å². The molecular weight excluding hydrogens is 466 g/mol. The topological polar surface area (TPSA) is 88.7 Å². The molecule has 2 aromatic carbocycles. The molecule has 4 heterocycles. The van der Waals surface area contributed by atoms with Crippen molar-refractivity contribution >= 4 is 33.8 Å². The predicted molar refractivity (Wildman–Crippen MR) is 145 cm³/mol. The summed E-state index contributed by atoms with van der Waals surface area (Å²) in [5, 5.41) is 12.0. The molecule has 1 aliphatic rings. The Labute approximate surface area is 214 Å². The Kier molecular flexibility index (Phi) is 5.77. The molecule has 6 rings (SSSR count). The molecule has 1 unspecified atom stereocenters. The molecule has 0 saturated carbocycles. The van der Waals surface area contributed by atoms with Gasteiger partial charge < -0.3 is 24.7 Å². The Hall–Kier alpha value is -4.37. The van der Waals surface area contributed by atoms with E-state index in [1.54, 1.807) is 10.7 Å². The second-order valence-corrected chi connectivity index (χ2v) is 9.49. The molecule has 9 nitrogen and oxygen atoms in total.